The normalized spacial score (nSPS) is 11.1. The highest BCUT2D eigenvalue weighted by Gasteiger charge is 2.14. The summed E-state index contributed by atoms with van der Waals surface area (Å²) in [6.45, 7) is 7.84. The fourth-order valence-electron chi connectivity index (χ4n) is 2.85. The van der Waals surface area contributed by atoms with E-state index < -0.39 is 0 Å². The minimum Gasteiger partial charge on any atom is -0.487 e. The SMILES string of the molecule is CCn1c(C)c(C)c2ccnc(COc3ccc(Cl)cc3)c21. The van der Waals surface area contributed by atoms with E-state index in [-0.39, 0.29) is 0 Å². The lowest BCUT2D eigenvalue weighted by Gasteiger charge is -2.10. The highest BCUT2D eigenvalue weighted by atomic mass is 35.5. The van der Waals surface area contributed by atoms with Crippen LogP contribution in [0.3, 0.4) is 0 Å². The minimum absolute atomic E-state index is 0.446. The van der Waals surface area contributed by atoms with Crippen molar-refractivity contribution in [2.75, 3.05) is 0 Å². The lowest BCUT2D eigenvalue weighted by atomic mass is 10.2. The molecular weight excluding hydrogens is 296 g/mol. The lowest BCUT2D eigenvalue weighted by Crippen LogP contribution is -2.04. The predicted octanol–water partition coefficient (Wildman–Crippen LogP) is 4.91. The second-order valence-electron chi connectivity index (χ2n) is 5.35. The zero-order valence-electron chi connectivity index (χ0n) is 13.1. The molecule has 4 heteroatoms. The van der Waals surface area contributed by atoms with Gasteiger partial charge in [0.05, 0.1) is 5.52 Å². The van der Waals surface area contributed by atoms with E-state index >= 15 is 0 Å². The molecule has 3 rings (SSSR count). The summed E-state index contributed by atoms with van der Waals surface area (Å²) in [7, 11) is 0. The van der Waals surface area contributed by atoms with Gasteiger partial charge in [-0.25, -0.2) is 0 Å². The molecule has 2 heterocycles. The fraction of sp³-hybridized carbons (Fsp3) is 0.278. The van der Waals surface area contributed by atoms with Crippen molar-refractivity contribution in [3.63, 3.8) is 0 Å². The number of hydrogen-bond donors (Lipinski definition) is 0. The first kappa shape index (κ1) is 14.9. The Morgan fingerprint density at radius 2 is 1.86 bits per heavy atom. The summed E-state index contributed by atoms with van der Waals surface area (Å²) in [5, 5.41) is 1.96. The number of pyridine rings is 1. The summed E-state index contributed by atoms with van der Waals surface area (Å²) in [6.07, 6.45) is 1.86. The van der Waals surface area contributed by atoms with Crippen molar-refractivity contribution in [3.05, 3.63) is 58.5 Å². The molecule has 2 aromatic heterocycles. The van der Waals surface area contributed by atoms with E-state index in [0.29, 0.717) is 11.6 Å². The number of hydrogen-bond acceptors (Lipinski definition) is 2. The van der Waals surface area contributed by atoms with E-state index in [9.17, 15) is 0 Å². The van der Waals surface area contributed by atoms with E-state index in [4.69, 9.17) is 16.3 Å². The maximum Gasteiger partial charge on any atom is 0.132 e. The van der Waals surface area contributed by atoms with Gasteiger partial charge in [-0.2, -0.15) is 0 Å². The van der Waals surface area contributed by atoms with Gasteiger partial charge in [0.15, 0.2) is 0 Å². The van der Waals surface area contributed by atoms with Crippen LogP contribution in [0.1, 0.15) is 23.9 Å². The zero-order chi connectivity index (χ0) is 15.7. The van der Waals surface area contributed by atoms with Crippen molar-refractivity contribution in [2.45, 2.75) is 33.9 Å². The molecule has 0 aliphatic carbocycles. The van der Waals surface area contributed by atoms with Gasteiger partial charge in [0.1, 0.15) is 18.1 Å². The van der Waals surface area contributed by atoms with Crippen LogP contribution in [0.5, 0.6) is 5.75 Å². The fourth-order valence-corrected chi connectivity index (χ4v) is 2.98. The van der Waals surface area contributed by atoms with Gasteiger partial charge >= 0.3 is 0 Å². The largest absolute Gasteiger partial charge is 0.487 e. The minimum atomic E-state index is 0.446. The number of aryl methyl sites for hydroxylation is 2. The van der Waals surface area contributed by atoms with E-state index in [1.807, 2.05) is 30.5 Å². The van der Waals surface area contributed by atoms with E-state index in [1.54, 1.807) is 0 Å². The maximum atomic E-state index is 5.90. The van der Waals surface area contributed by atoms with Crippen molar-refractivity contribution in [2.24, 2.45) is 0 Å². The third kappa shape index (κ3) is 2.57. The van der Waals surface area contributed by atoms with Gasteiger partial charge in [0.2, 0.25) is 0 Å². The third-order valence-corrected chi connectivity index (χ3v) is 4.38. The highest BCUT2D eigenvalue weighted by molar-refractivity contribution is 6.30. The molecule has 0 amide bonds. The topological polar surface area (TPSA) is 27.1 Å². The molecule has 22 heavy (non-hydrogen) atoms. The monoisotopic (exact) mass is 314 g/mol. The Labute approximate surface area is 135 Å². The molecule has 0 bridgehead atoms. The Morgan fingerprint density at radius 1 is 1.14 bits per heavy atom. The van der Waals surface area contributed by atoms with Gasteiger partial charge in [-0.15, -0.1) is 0 Å². The second kappa shape index (κ2) is 6.01. The molecule has 3 aromatic rings. The summed E-state index contributed by atoms with van der Waals surface area (Å²) in [4.78, 5) is 4.53. The average Bonchev–Trinajstić information content (AvgIpc) is 2.79. The van der Waals surface area contributed by atoms with Gasteiger partial charge in [0, 0.05) is 28.8 Å². The average molecular weight is 315 g/mol. The first-order valence-electron chi connectivity index (χ1n) is 7.43. The van der Waals surface area contributed by atoms with Crippen LogP contribution in [-0.2, 0) is 13.2 Å². The molecule has 0 spiro atoms. The standard InChI is InChI=1S/C18H19ClN2O/c1-4-21-13(3)12(2)16-9-10-20-17(18(16)21)11-22-15-7-5-14(19)6-8-15/h5-10H,4,11H2,1-3H3. The molecule has 0 N–H and O–H groups in total. The number of rotatable bonds is 4. The highest BCUT2D eigenvalue weighted by Crippen LogP contribution is 2.27. The van der Waals surface area contributed by atoms with Crippen molar-refractivity contribution < 1.29 is 4.74 Å². The van der Waals surface area contributed by atoms with Crippen LogP contribution in [-0.4, -0.2) is 9.55 Å². The Kier molecular flexibility index (Phi) is 4.08. The summed E-state index contributed by atoms with van der Waals surface area (Å²) < 4.78 is 8.17. The lowest BCUT2D eigenvalue weighted by molar-refractivity contribution is 0.302. The van der Waals surface area contributed by atoms with Crippen LogP contribution < -0.4 is 4.74 Å². The molecule has 0 radical (unpaired) electrons. The molecule has 0 aliphatic heterocycles. The predicted molar refractivity (Wildman–Crippen MR) is 90.7 cm³/mol. The van der Waals surface area contributed by atoms with Crippen LogP contribution in [0.4, 0.5) is 0 Å². The summed E-state index contributed by atoms with van der Waals surface area (Å²) in [5.74, 6) is 0.797. The molecule has 0 unspecified atom stereocenters. The van der Waals surface area contributed by atoms with Crippen molar-refractivity contribution in [1.29, 1.82) is 0 Å². The molecule has 114 valence electrons. The zero-order valence-corrected chi connectivity index (χ0v) is 13.8. The van der Waals surface area contributed by atoms with Gasteiger partial charge in [-0.3, -0.25) is 4.98 Å². The van der Waals surface area contributed by atoms with Crippen molar-refractivity contribution in [3.8, 4) is 5.75 Å². The molecule has 3 nitrogen and oxygen atoms in total. The molecule has 0 aliphatic rings. The van der Waals surface area contributed by atoms with Crippen LogP contribution in [0.2, 0.25) is 5.02 Å². The first-order chi connectivity index (χ1) is 10.6. The Bertz CT molecular complexity index is 806. The summed E-state index contributed by atoms with van der Waals surface area (Å²) >= 11 is 5.90. The molecule has 0 saturated heterocycles. The first-order valence-corrected chi connectivity index (χ1v) is 7.81. The molecule has 0 atom stereocenters. The number of fused-ring (bicyclic) bond motifs is 1. The Hall–Kier alpha value is -2.00. The van der Waals surface area contributed by atoms with Gasteiger partial charge in [-0.05, 0) is 56.7 Å². The number of benzene rings is 1. The smallest absolute Gasteiger partial charge is 0.132 e. The van der Waals surface area contributed by atoms with Crippen LogP contribution in [0, 0.1) is 13.8 Å². The van der Waals surface area contributed by atoms with Gasteiger partial charge in [0.25, 0.3) is 0 Å². The van der Waals surface area contributed by atoms with E-state index in [1.165, 1.54) is 22.2 Å². The second-order valence-corrected chi connectivity index (χ2v) is 5.79. The quantitative estimate of drug-likeness (QED) is 0.684. The van der Waals surface area contributed by atoms with Crippen LogP contribution >= 0.6 is 11.6 Å². The molecule has 0 saturated carbocycles. The summed E-state index contributed by atoms with van der Waals surface area (Å²) in [6, 6.07) is 9.48. The number of ether oxygens (including phenoxy) is 1. The van der Waals surface area contributed by atoms with Crippen LogP contribution in [0.15, 0.2) is 36.5 Å². The van der Waals surface area contributed by atoms with E-state index in [2.05, 4.69) is 36.4 Å². The Morgan fingerprint density at radius 3 is 2.55 bits per heavy atom. The molecule has 1 aromatic carbocycles. The summed E-state index contributed by atoms with van der Waals surface area (Å²) in [5.41, 5.74) is 4.74. The van der Waals surface area contributed by atoms with Gasteiger partial charge < -0.3 is 9.30 Å². The number of nitrogens with zero attached hydrogens (tertiary/aromatic N) is 2. The third-order valence-electron chi connectivity index (χ3n) is 4.13. The van der Waals surface area contributed by atoms with E-state index in [0.717, 1.165) is 18.0 Å². The van der Waals surface area contributed by atoms with Crippen molar-refractivity contribution >= 4 is 22.5 Å². The van der Waals surface area contributed by atoms with Gasteiger partial charge in [-0.1, -0.05) is 11.6 Å². The number of halogens is 1. The Balaban J connectivity index is 1.97. The van der Waals surface area contributed by atoms with Crippen LogP contribution in [0.25, 0.3) is 10.9 Å². The van der Waals surface area contributed by atoms with Crippen molar-refractivity contribution in [1.82, 2.24) is 9.55 Å². The number of aromatic nitrogens is 2. The molecule has 0 fully saturated rings. The molecular formula is C18H19ClN2O. The maximum absolute atomic E-state index is 5.90.